The van der Waals surface area contributed by atoms with Crippen molar-refractivity contribution in [1.82, 2.24) is 9.55 Å². The fraction of sp³-hybridized carbons (Fsp3) is 0.312. The Morgan fingerprint density at radius 1 is 1.29 bits per heavy atom. The molecule has 24 heavy (non-hydrogen) atoms. The van der Waals surface area contributed by atoms with E-state index in [9.17, 15) is 9.59 Å². The van der Waals surface area contributed by atoms with Crippen LogP contribution in [0.4, 0.5) is 11.4 Å². The predicted octanol–water partition coefficient (Wildman–Crippen LogP) is 1.95. The number of nitrogens with zero attached hydrogens (tertiary/aromatic N) is 3. The van der Waals surface area contributed by atoms with Crippen LogP contribution in [0.3, 0.4) is 0 Å². The summed E-state index contributed by atoms with van der Waals surface area (Å²) in [5, 5.41) is 0.690. The van der Waals surface area contributed by atoms with E-state index in [0.29, 0.717) is 23.9 Å². The Kier molecular flexibility index (Phi) is 4.56. The van der Waals surface area contributed by atoms with Crippen LogP contribution in [0.25, 0.3) is 0 Å². The van der Waals surface area contributed by atoms with Gasteiger partial charge >= 0.3 is 0 Å². The number of nitrogen functional groups attached to an aromatic ring is 1. The molecule has 0 bridgehead atoms. The van der Waals surface area contributed by atoms with E-state index in [1.807, 2.05) is 18.2 Å². The molecule has 1 amide bonds. The molecule has 8 heteroatoms. The number of fused-ring (bicyclic) bond motifs is 2. The molecule has 0 atom stereocenters. The van der Waals surface area contributed by atoms with Crippen molar-refractivity contribution < 1.29 is 4.79 Å². The van der Waals surface area contributed by atoms with Crippen molar-refractivity contribution in [3.05, 3.63) is 45.9 Å². The van der Waals surface area contributed by atoms with E-state index in [0.717, 1.165) is 29.8 Å². The summed E-state index contributed by atoms with van der Waals surface area (Å²) in [6.07, 6.45) is 3.10. The minimum atomic E-state index is -0.291. The van der Waals surface area contributed by atoms with Crippen molar-refractivity contribution in [2.24, 2.45) is 0 Å². The van der Waals surface area contributed by atoms with E-state index >= 15 is 0 Å². The van der Waals surface area contributed by atoms with Crippen LogP contribution >= 0.6 is 24.2 Å². The third-order valence-corrected chi connectivity index (χ3v) is 5.29. The van der Waals surface area contributed by atoms with Gasteiger partial charge in [-0.15, -0.1) is 12.4 Å². The van der Waals surface area contributed by atoms with Crippen LogP contribution < -0.4 is 16.2 Å². The summed E-state index contributed by atoms with van der Waals surface area (Å²) in [7, 11) is 0. The fourth-order valence-electron chi connectivity index (χ4n) is 3.17. The molecule has 0 aliphatic carbocycles. The first kappa shape index (κ1) is 16.9. The van der Waals surface area contributed by atoms with Gasteiger partial charge in [0, 0.05) is 36.4 Å². The van der Waals surface area contributed by atoms with Crippen molar-refractivity contribution in [2.45, 2.75) is 24.5 Å². The molecule has 0 fully saturated rings. The van der Waals surface area contributed by atoms with E-state index in [-0.39, 0.29) is 29.4 Å². The second kappa shape index (κ2) is 6.49. The van der Waals surface area contributed by atoms with Gasteiger partial charge in [-0.1, -0.05) is 17.8 Å². The number of rotatable bonds is 1. The zero-order chi connectivity index (χ0) is 16.0. The van der Waals surface area contributed by atoms with Crippen molar-refractivity contribution in [1.29, 1.82) is 0 Å². The molecule has 1 aromatic heterocycles. The van der Waals surface area contributed by atoms with E-state index in [1.165, 1.54) is 18.0 Å². The predicted molar refractivity (Wildman–Crippen MR) is 97.3 cm³/mol. The zero-order valence-electron chi connectivity index (χ0n) is 12.9. The second-order valence-electron chi connectivity index (χ2n) is 5.66. The highest BCUT2D eigenvalue weighted by molar-refractivity contribution is 7.99. The Hall–Kier alpha value is -1.99. The summed E-state index contributed by atoms with van der Waals surface area (Å²) in [5.74, 6) is 0.532. The second-order valence-corrected chi connectivity index (χ2v) is 6.73. The summed E-state index contributed by atoms with van der Waals surface area (Å²) < 4.78 is 1.59. The molecule has 1 aromatic carbocycles. The lowest BCUT2D eigenvalue weighted by Crippen LogP contribution is -2.40. The number of hydrogen-bond acceptors (Lipinski definition) is 5. The lowest BCUT2D eigenvalue weighted by molar-refractivity contribution is 0.0982. The van der Waals surface area contributed by atoms with Gasteiger partial charge in [0.25, 0.3) is 11.5 Å². The highest BCUT2D eigenvalue weighted by Crippen LogP contribution is 2.32. The number of amides is 1. The number of hydrogen-bond donors (Lipinski definition) is 1. The van der Waals surface area contributed by atoms with E-state index in [2.05, 4.69) is 4.98 Å². The van der Waals surface area contributed by atoms with Crippen LogP contribution in [0.15, 0.2) is 34.3 Å². The maximum absolute atomic E-state index is 12.9. The molecule has 0 radical (unpaired) electrons. The number of thioether (sulfide) groups is 1. The van der Waals surface area contributed by atoms with Crippen LogP contribution in [0, 0.1) is 0 Å². The molecule has 2 aliphatic heterocycles. The smallest absolute Gasteiger partial charge is 0.267 e. The summed E-state index contributed by atoms with van der Waals surface area (Å²) in [5.41, 5.74) is 8.39. The average Bonchev–Trinajstić information content (AvgIpc) is 3.04. The van der Waals surface area contributed by atoms with Gasteiger partial charge < -0.3 is 10.6 Å². The third kappa shape index (κ3) is 2.57. The summed E-state index contributed by atoms with van der Waals surface area (Å²) in [4.78, 5) is 31.4. The molecule has 2 N–H and O–H groups in total. The molecule has 4 rings (SSSR count). The van der Waals surface area contributed by atoms with Gasteiger partial charge in [0.15, 0.2) is 5.16 Å². The van der Waals surface area contributed by atoms with Crippen molar-refractivity contribution >= 4 is 41.5 Å². The van der Waals surface area contributed by atoms with Crippen LogP contribution in [-0.4, -0.2) is 27.8 Å². The molecule has 2 aromatic rings. The van der Waals surface area contributed by atoms with Gasteiger partial charge in [0.2, 0.25) is 0 Å². The van der Waals surface area contributed by atoms with Crippen molar-refractivity contribution in [3.8, 4) is 0 Å². The number of nitrogens with two attached hydrogens (primary N) is 1. The fourth-order valence-corrected chi connectivity index (χ4v) is 4.09. The van der Waals surface area contributed by atoms with Crippen LogP contribution in [0.5, 0.6) is 0 Å². The number of carbonyl (C=O) groups excluding carboxylic acids is 1. The highest BCUT2D eigenvalue weighted by atomic mass is 35.5. The summed E-state index contributed by atoms with van der Waals surface area (Å²) in [6.45, 7) is 1.20. The quantitative estimate of drug-likeness (QED) is 0.617. The van der Waals surface area contributed by atoms with Crippen LogP contribution in [-0.2, 0) is 13.0 Å². The summed E-state index contributed by atoms with van der Waals surface area (Å²) in [6, 6.07) is 5.57. The Morgan fingerprint density at radius 2 is 2.12 bits per heavy atom. The van der Waals surface area contributed by atoms with E-state index in [4.69, 9.17) is 5.73 Å². The lowest BCUT2D eigenvalue weighted by Gasteiger charge is -2.30. The van der Waals surface area contributed by atoms with E-state index < -0.39 is 0 Å². The van der Waals surface area contributed by atoms with Gasteiger partial charge in [0.05, 0.1) is 0 Å². The zero-order valence-corrected chi connectivity index (χ0v) is 14.5. The topological polar surface area (TPSA) is 81.2 Å². The molecule has 6 nitrogen and oxygen atoms in total. The van der Waals surface area contributed by atoms with Crippen LogP contribution in [0.1, 0.15) is 22.3 Å². The lowest BCUT2D eigenvalue weighted by atomic mass is 9.99. The summed E-state index contributed by atoms with van der Waals surface area (Å²) >= 11 is 1.54. The number of aromatic nitrogens is 2. The highest BCUT2D eigenvalue weighted by Gasteiger charge is 2.28. The maximum Gasteiger partial charge on any atom is 0.267 e. The SMILES string of the molecule is Cl.Nc1cccc2c1CCCN2C(=O)c1cnc2n(c1=O)CCS2. The van der Waals surface area contributed by atoms with Gasteiger partial charge in [0.1, 0.15) is 5.56 Å². The molecule has 0 spiro atoms. The van der Waals surface area contributed by atoms with Gasteiger partial charge in [-0.3, -0.25) is 14.2 Å². The van der Waals surface area contributed by atoms with Gasteiger partial charge in [-0.25, -0.2) is 4.98 Å². The molecule has 2 aliphatic rings. The standard InChI is InChI=1S/C16H16N4O2S.ClH/c17-12-4-1-5-13-10(12)3-2-6-19(13)14(21)11-9-18-16-20(15(11)22)7-8-23-16;/h1,4-5,9H,2-3,6-8,17H2;1H. The Labute approximate surface area is 149 Å². The number of benzene rings is 1. The molecule has 0 saturated carbocycles. The van der Waals surface area contributed by atoms with Crippen molar-refractivity contribution in [2.75, 3.05) is 22.9 Å². The minimum Gasteiger partial charge on any atom is -0.398 e. The Bertz CT molecular complexity index is 868. The molecule has 3 heterocycles. The normalized spacial score (nSPS) is 15.4. The third-order valence-electron chi connectivity index (χ3n) is 4.32. The number of anilines is 2. The average molecular weight is 365 g/mol. The van der Waals surface area contributed by atoms with Crippen molar-refractivity contribution in [3.63, 3.8) is 0 Å². The monoisotopic (exact) mass is 364 g/mol. The number of carbonyl (C=O) groups is 1. The Morgan fingerprint density at radius 3 is 2.96 bits per heavy atom. The van der Waals surface area contributed by atoms with Gasteiger partial charge in [-0.2, -0.15) is 0 Å². The first-order valence-corrected chi connectivity index (χ1v) is 8.57. The van der Waals surface area contributed by atoms with E-state index in [1.54, 1.807) is 9.47 Å². The first-order chi connectivity index (χ1) is 11.2. The Balaban J connectivity index is 0.00000169. The molecular weight excluding hydrogens is 348 g/mol. The number of halogens is 1. The molecule has 126 valence electrons. The first-order valence-electron chi connectivity index (χ1n) is 7.58. The van der Waals surface area contributed by atoms with Crippen LogP contribution in [0.2, 0.25) is 0 Å². The molecule has 0 saturated heterocycles. The molecule has 0 unspecified atom stereocenters. The minimum absolute atomic E-state index is 0. The largest absolute Gasteiger partial charge is 0.398 e. The maximum atomic E-state index is 12.9. The van der Waals surface area contributed by atoms with Gasteiger partial charge in [-0.05, 0) is 30.5 Å². The molecular formula is C16H17ClN4O2S.